The highest BCUT2D eigenvalue weighted by atomic mass is 16.6. The zero-order valence-electron chi connectivity index (χ0n) is 13.5. The summed E-state index contributed by atoms with van der Waals surface area (Å²) < 4.78 is 15.8. The predicted octanol–water partition coefficient (Wildman–Crippen LogP) is 3.07. The van der Waals surface area contributed by atoms with E-state index < -0.39 is 4.92 Å². The van der Waals surface area contributed by atoms with E-state index in [4.69, 9.17) is 14.2 Å². The number of hydrogen-bond acceptors (Lipinski definition) is 7. The summed E-state index contributed by atoms with van der Waals surface area (Å²) in [6.45, 7) is 0. The smallest absolute Gasteiger partial charge is 0.269 e. The van der Waals surface area contributed by atoms with Crippen LogP contribution in [0.3, 0.4) is 0 Å². The van der Waals surface area contributed by atoms with E-state index in [-0.39, 0.29) is 5.69 Å². The molecule has 0 amide bonds. The highest BCUT2D eigenvalue weighted by Gasteiger charge is 2.10. The summed E-state index contributed by atoms with van der Waals surface area (Å²) in [5, 5.41) is 14.7. The maximum atomic E-state index is 10.6. The number of hydrogen-bond donors (Lipinski definition) is 1. The standard InChI is InChI=1S/C16H17N3O5/c1-22-14-9-16(24-3)15(23-2)8-11(14)10-17-18-12-4-6-13(7-5-12)19(20)21/h4-10,18H,1-3H3/b17-10+. The van der Waals surface area contributed by atoms with Gasteiger partial charge in [0.2, 0.25) is 0 Å². The highest BCUT2D eigenvalue weighted by Crippen LogP contribution is 2.33. The number of benzene rings is 2. The number of nitro benzene ring substituents is 1. The number of nitrogens with one attached hydrogen (secondary N) is 1. The molecular formula is C16H17N3O5. The summed E-state index contributed by atoms with van der Waals surface area (Å²) in [4.78, 5) is 10.2. The van der Waals surface area contributed by atoms with Crippen molar-refractivity contribution in [2.45, 2.75) is 0 Å². The van der Waals surface area contributed by atoms with Gasteiger partial charge in [-0.3, -0.25) is 15.5 Å². The van der Waals surface area contributed by atoms with Crippen LogP contribution >= 0.6 is 0 Å². The van der Waals surface area contributed by atoms with Gasteiger partial charge in [0.25, 0.3) is 5.69 Å². The maximum absolute atomic E-state index is 10.6. The number of nitro groups is 1. The van der Waals surface area contributed by atoms with Gasteiger partial charge in [-0.05, 0) is 18.2 Å². The minimum atomic E-state index is -0.457. The van der Waals surface area contributed by atoms with Gasteiger partial charge in [0.1, 0.15) is 5.75 Å². The molecule has 24 heavy (non-hydrogen) atoms. The van der Waals surface area contributed by atoms with Crippen LogP contribution in [0.5, 0.6) is 17.2 Å². The lowest BCUT2D eigenvalue weighted by Gasteiger charge is -2.11. The second-order valence-corrected chi connectivity index (χ2v) is 4.62. The largest absolute Gasteiger partial charge is 0.496 e. The molecule has 0 heterocycles. The minimum absolute atomic E-state index is 0.0195. The number of anilines is 1. The second kappa shape index (κ2) is 7.82. The molecule has 1 N–H and O–H groups in total. The monoisotopic (exact) mass is 331 g/mol. The van der Waals surface area contributed by atoms with Crippen molar-refractivity contribution >= 4 is 17.6 Å². The lowest BCUT2D eigenvalue weighted by atomic mass is 10.2. The minimum Gasteiger partial charge on any atom is -0.496 e. The quantitative estimate of drug-likeness (QED) is 0.476. The molecule has 0 spiro atoms. The Morgan fingerprint density at radius 3 is 2.12 bits per heavy atom. The van der Waals surface area contributed by atoms with E-state index in [0.29, 0.717) is 28.5 Å². The van der Waals surface area contributed by atoms with E-state index in [2.05, 4.69) is 10.5 Å². The molecule has 0 aromatic heterocycles. The first-order valence-electron chi connectivity index (χ1n) is 6.92. The molecule has 0 atom stereocenters. The van der Waals surface area contributed by atoms with Gasteiger partial charge in [-0.2, -0.15) is 5.10 Å². The van der Waals surface area contributed by atoms with Crippen LogP contribution in [0.1, 0.15) is 5.56 Å². The molecule has 0 saturated carbocycles. The fourth-order valence-corrected chi connectivity index (χ4v) is 1.99. The third kappa shape index (κ3) is 3.92. The van der Waals surface area contributed by atoms with Crippen LogP contribution in [0, 0.1) is 10.1 Å². The van der Waals surface area contributed by atoms with Gasteiger partial charge in [0.15, 0.2) is 11.5 Å². The van der Waals surface area contributed by atoms with Gasteiger partial charge in [-0.15, -0.1) is 0 Å². The van der Waals surface area contributed by atoms with Crippen molar-refractivity contribution in [3.63, 3.8) is 0 Å². The van der Waals surface area contributed by atoms with Crippen molar-refractivity contribution in [1.82, 2.24) is 0 Å². The molecule has 0 aliphatic carbocycles. The van der Waals surface area contributed by atoms with E-state index in [1.54, 1.807) is 51.8 Å². The molecule has 0 bridgehead atoms. The number of methoxy groups -OCH3 is 3. The molecule has 0 saturated heterocycles. The lowest BCUT2D eigenvalue weighted by molar-refractivity contribution is -0.384. The predicted molar refractivity (Wildman–Crippen MR) is 90.4 cm³/mol. The SMILES string of the molecule is COc1cc(OC)c(OC)cc1/C=N/Nc1ccc([N+](=O)[O-])cc1. The molecule has 0 radical (unpaired) electrons. The Labute approximate surface area is 138 Å². The Hall–Kier alpha value is -3.29. The van der Waals surface area contributed by atoms with Crippen LogP contribution in [0.25, 0.3) is 0 Å². The van der Waals surface area contributed by atoms with E-state index in [9.17, 15) is 10.1 Å². The average molecular weight is 331 g/mol. The van der Waals surface area contributed by atoms with Crippen molar-refractivity contribution in [1.29, 1.82) is 0 Å². The molecule has 126 valence electrons. The maximum Gasteiger partial charge on any atom is 0.269 e. The Kier molecular flexibility index (Phi) is 5.56. The first kappa shape index (κ1) is 17.1. The summed E-state index contributed by atoms with van der Waals surface area (Å²) in [6, 6.07) is 9.37. The van der Waals surface area contributed by atoms with E-state index >= 15 is 0 Å². The summed E-state index contributed by atoms with van der Waals surface area (Å²) in [7, 11) is 4.63. The van der Waals surface area contributed by atoms with Gasteiger partial charge in [-0.25, -0.2) is 0 Å². The molecule has 0 fully saturated rings. The van der Waals surface area contributed by atoms with Gasteiger partial charge in [-0.1, -0.05) is 0 Å². The topological polar surface area (TPSA) is 95.2 Å². The van der Waals surface area contributed by atoms with Gasteiger partial charge < -0.3 is 14.2 Å². The van der Waals surface area contributed by atoms with Crippen molar-refractivity contribution < 1.29 is 19.1 Å². The van der Waals surface area contributed by atoms with Crippen molar-refractivity contribution in [3.05, 3.63) is 52.1 Å². The van der Waals surface area contributed by atoms with Crippen LogP contribution < -0.4 is 19.6 Å². The molecular weight excluding hydrogens is 314 g/mol. The third-order valence-electron chi connectivity index (χ3n) is 3.21. The second-order valence-electron chi connectivity index (χ2n) is 4.62. The summed E-state index contributed by atoms with van der Waals surface area (Å²) >= 11 is 0. The summed E-state index contributed by atoms with van der Waals surface area (Å²) in [6.07, 6.45) is 1.56. The molecule has 0 aliphatic heterocycles. The number of rotatable bonds is 7. The van der Waals surface area contributed by atoms with E-state index in [0.717, 1.165) is 0 Å². The number of nitrogens with zero attached hydrogens (tertiary/aromatic N) is 2. The van der Waals surface area contributed by atoms with Crippen molar-refractivity contribution in [2.75, 3.05) is 26.8 Å². The number of ether oxygens (including phenoxy) is 3. The molecule has 8 heteroatoms. The Morgan fingerprint density at radius 1 is 1.00 bits per heavy atom. The molecule has 0 unspecified atom stereocenters. The van der Waals surface area contributed by atoms with Crippen LogP contribution in [0.4, 0.5) is 11.4 Å². The average Bonchev–Trinajstić information content (AvgIpc) is 2.61. The molecule has 2 rings (SSSR count). The van der Waals surface area contributed by atoms with Gasteiger partial charge in [0, 0.05) is 23.8 Å². The fraction of sp³-hybridized carbons (Fsp3) is 0.188. The zero-order valence-corrected chi connectivity index (χ0v) is 13.5. The first-order valence-corrected chi connectivity index (χ1v) is 6.92. The molecule has 2 aromatic carbocycles. The number of non-ortho nitro benzene ring substituents is 1. The van der Waals surface area contributed by atoms with Crippen molar-refractivity contribution in [3.8, 4) is 17.2 Å². The van der Waals surface area contributed by atoms with Crippen molar-refractivity contribution in [2.24, 2.45) is 5.10 Å². The molecule has 2 aromatic rings. The first-order chi connectivity index (χ1) is 11.6. The molecule has 0 aliphatic rings. The van der Waals surface area contributed by atoms with Gasteiger partial charge >= 0.3 is 0 Å². The lowest BCUT2D eigenvalue weighted by Crippen LogP contribution is -1.98. The third-order valence-corrected chi connectivity index (χ3v) is 3.21. The Bertz CT molecular complexity index is 744. The summed E-state index contributed by atoms with van der Waals surface area (Å²) in [5.41, 5.74) is 4.12. The van der Waals surface area contributed by atoms with Crippen LogP contribution in [-0.4, -0.2) is 32.5 Å². The fourth-order valence-electron chi connectivity index (χ4n) is 1.99. The van der Waals surface area contributed by atoms with E-state index in [1.807, 2.05) is 0 Å². The van der Waals surface area contributed by atoms with Gasteiger partial charge in [0.05, 0.1) is 38.2 Å². The highest BCUT2D eigenvalue weighted by molar-refractivity contribution is 5.85. The molecule has 8 nitrogen and oxygen atoms in total. The Morgan fingerprint density at radius 2 is 1.58 bits per heavy atom. The zero-order chi connectivity index (χ0) is 17.5. The van der Waals surface area contributed by atoms with Crippen LogP contribution in [-0.2, 0) is 0 Å². The normalized spacial score (nSPS) is 10.5. The number of hydrazone groups is 1. The summed E-state index contributed by atoms with van der Waals surface area (Å²) in [5.74, 6) is 1.67. The van der Waals surface area contributed by atoms with Crippen LogP contribution in [0.2, 0.25) is 0 Å². The Balaban J connectivity index is 2.17. The van der Waals surface area contributed by atoms with Crippen LogP contribution in [0.15, 0.2) is 41.5 Å². The van der Waals surface area contributed by atoms with E-state index in [1.165, 1.54) is 12.1 Å².